The average molecular weight is 431 g/mol. The van der Waals surface area contributed by atoms with E-state index in [4.69, 9.17) is 9.72 Å². The predicted molar refractivity (Wildman–Crippen MR) is 126 cm³/mol. The molecule has 1 saturated heterocycles. The highest BCUT2D eigenvalue weighted by atomic mass is 16.5. The highest BCUT2D eigenvalue weighted by Gasteiger charge is 2.26. The van der Waals surface area contributed by atoms with Crippen molar-refractivity contribution in [3.05, 3.63) is 83.3 Å². The number of rotatable bonds is 7. The summed E-state index contributed by atoms with van der Waals surface area (Å²) in [4.78, 5) is 23.9. The molecule has 1 aromatic carbocycles. The van der Waals surface area contributed by atoms with Gasteiger partial charge in [-0.25, -0.2) is 4.98 Å². The zero-order chi connectivity index (χ0) is 22.3. The number of para-hydroxylation sites is 1. The Balaban J connectivity index is 1.43. The molecule has 1 aliphatic rings. The topological polar surface area (TPSA) is 67.3 Å². The zero-order valence-corrected chi connectivity index (χ0v) is 18.8. The first-order valence-electron chi connectivity index (χ1n) is 11.3. The lowest BCUT2D eigenvalue weighted by molar-refractivity contribution is 0.0706. The SMILES string of the molecule is CCOc1ccccc1Cc1ccc([C@H]2CCCN(C(=O)c3ccnc(NC)c3)C2)nc1. The van der Waals surface area contributed by atoms with Crippen molar-refractivity contribution in [1.82, 2.24) is 14.9 Å². The minimum absolute atomic E-state index is 0.0535. The monoisotopic (exact) mass is 430 g/mol. The van der Waals surface area contributed by atoms with Crippen molar-refractivity contribution in [2.75, 3.05) is 32.1 Å². The van der Waals surface area contributed by atoms with Gasteiger partial charge in [0.25, 0.3) is 5.91 Å². The maximum Gasteiger partial charge on any atom is 0.254 e. The van der Waals surface area contributed by atoms with Crippen LogP contribution in [0.4, 0.5) is 5.82 Å². The number of carbonyl (C=O) groups excluding carboxylic acids is 1. The molecule has 4 rings (SSSR count). The molecule has 32 heavy (non-hydrogen) atoms. The molecule has 1 fully saturated rings. The summed E-state index contributed by atoms with van der Waals surface area (Å²) in [6, 6.07) is 16.0. The van der Waals surface area contributed by atoms with Gasteiger partial charge >= 0.3 is 0 Å². The lowest BCUT2D eigenvalue weighted by Crippen LogP contribution is -2.39. The third kappa shape index (κ3) is 5.07. The number of ether oxygens (including phenoxy) is 1. The number of aromatic nitrogens is 2. The normalized spacial score (nSPS) is 15.9. The fourth-order valence-electron chi connectivity index (χ4n) is 4.23. The van der Waals surface area contributed by atoms with Crippen molar-refractivity contribution >= 4 is 11.7 Å². The lowest BCUT2D eigenvalue weighted by atomic mass is 9.93. The van der Waals surface area contributed by atoms with Crippen LogP contribution >= 0.6 is 0 Å². The molecular formula is C26H30N4O2. The summed E-state index contributed by atoms with van der Waals surface area (Å²) in [6.07, 6.45) is 6.44. The van der Waals surface area contributed by atoms with Crippen molar-refractivity contribution in [2.24, 2.45) is 0 Å². The smallest absolute Gasteiger partial charge is 0.254 e. The molecule has 3 aromatic rings. The van der Waals surface area contributed by atoms with Gasteiger partial charge in [0.1, 0.15) is 11.6 Å². The number of carbonyl (C=O) groups is 1. The second-order valence-electron chi connectivity index (χ2n) is 8.08. The number of piperidine rings is 1. The van der Waals surface area contributed by atoms with E-state index in [9.17, 15) is 4.79 Å². The second kappa shape index (κ2) is 10.3. The number of hydrogen-bond acceptors (Lipinski definition) is 5. The molecule has 3 heterocycles. The van der Waals surface area contributed by atoms with Crippen molar-refractivity contribution < 1.29 is 9.53 Å². The first kappa shape index (κ1) is 21.8. The van der Waals surface area contributed by atoms with Crippen LogP contribution in [-0.4, -0.2) is 47.5 Å². The Hall–Kier alpha value is -3.41. The van der Waals surface area contributed by atoms with Crippen LogP contribution in [0.1, 0.15) is 52.9 Å². The quantitative estimate of drug-likeness (QED) is 0.597. The highest BCUT2D eigenvalue weighted by Crippen LogP contribution is 2.28. The van der Waals surface area contributed by atoms with E-state index in [0.717, 1.165) is 48.4 Å². The molecular weight excluding hydrogens is 400 g/mol. The van der Waals surface area contributed by atoms with Crippen LogP contribution in [0.2, 0.25) is 0 Å². The Kier molecular flexibility index (Phi) is 7.00. The number of anilines is 1. The van der Waals surface area contributed by atoms with Gasteiger partial charge in [0, 0.05) is 56.1 Å². The molecule has 0 unspecified atom stereocenters. The summed E-state index contributed by atoms with van der Waals surface area (Å²) in [5.41, 5.74) is 4.04. The van der Waals surface area contributed by atoms with Crippen LogP contribution in [0.15, 0.2) is 60.9 Å². The number of likely N-dealkylation sites (tertiary alicyclic amines) is 1. The molecule has 166 valence electrons. The molecule has 1 aliphatic heterocycles. The van der Waals surface area contributed by atoms with E-state index < -0.39 is 0 Å². The third-order valence-corrected chi connectivity index (χ3v) is 5.90. The van der Waals surface area contributed by atoms with Gasteiger partial charge in [-0.1, -0.05) is 24.3 Å². The number of amides is 1. The largest absolute Gasteiger partial charge is 0.494 e. The molecule has 2 aromatic heterocycles. The van der Waals surface area contributed by atoms with E-state index >= 15 is 0 Å². The standard InChI is InChI=1S/C26H30N4O2/c1-3-32-24-9-5-4-7-20(24)15-19-10-11-23(29-17-19)22-8-6-14-30(18-22)26(31)21-12-13-28-25(16-21)27-2/h4-5,7,9-13,16-17,22H,3,6,8,14-15,18H2,1-2H3,(H,27,28)/t22-/m0/s1. The van der Waals surface area contributed by atoms with Gasteiger partial charge in [0.15, 0.2) is 0 Å². The van der Waals surface area contributed by atoms with Crippen LogP contribution in [0, 0.1) is 0 Å². The number of benzene rings is 1. The highest BCUT2D eigenvalue weighted by molar-refractivity contribution is 5.95. The summed E-state index contributed by atoms with van der Waals surface area (Å²) < 4.78 is 5.75. The third-order valence-electron chi connectivity index (χ3n) is 5.90. The maximum atomic E-state index is 13.0. The summed E-state index contributed by atoms with van der Waals surface area (Å²) in [5, 5.41) is 2.99. The zero-order valence-electron chi connectivity index (χ0n) is 18.8. The summed E-state index contributed by atoms with van der Waals surface area (Å²) in [5.74, 6) is 1.94. The van der Waals surface area contributed by atoms with Crippen molar-refractivity contribution in [1.29, 1.82) is 0 Å². The molecule has 0 spiro atoms. The summed E-state index contributed by atoms with van der Waals surface area (Å²) in [7, 11) is 1.80. The van der Waals surface area contributed by atoms with Crippen LogP contribution in [0.25, 0.3) is 0 Å². The Labute approximate surface area is 189 Å². The van der Waals surface area contributed by atoms with E-state index in [1.54, 1.807) is 25.4 Å². The maximum absolute atomic E-state index is 13.0. The second-order valence-corrected chi connectivity index (χ2v) is 8.08. The van der Waals surface area contributed by atoms with Crippen LogP contribution in [0.5, 0.6) is 5.75 Å². The van der Waals surface area contributed by atoms with Gasteiger partial charge < -0.3 is 15.0 Å². The fraction of sp³-hybridized carbons (Fsp3) is 0.346. The number of nitrogens with zero attached hydrogens (tertiary/aromatic N) is 3. The molecule has 0 aliphatic carbocycles. The van der Waals surface area contributed by atoms with Gasteiger partial charge in [-0.15, -0.1) is 0 Å². The molecule has 0 saturated carbocycles. The molecule has 1 N–H and O–H groups in total. The molecule has 0 bridgehead atoms. The van der Waals surface area contributed by atoms with Crippen LogP contribution < -0.4 is 10.1 Å². The first-order valence-corrected chi connectivity index (χ1v) is 11.3. The number of pyridine rings is 2. The van der Waals surface area contributed by atoms with E-state index in [0.29, 0.717) is 24.5 Å². The lowest BCUT2D eigenvalue weighted by Gasteiger charge is -2.32. The summed E-state index contributed by atoms with van der Waals surface area (Å²) in [6.45, 7) is 4.12. The molecule has 0 radical (unpaired) electrons. The van der Waals surface area contributed by atoms with Crippen molar-refractivity contribution in [3.8, 4) is 5.75 Å². The molecule has 1 amide bonds. The first-order chi connectivity index (χ1) is 15.7. The predicted octanol–water partition coefficient (Wildman–Crippen LogP) is 4.53. The van der Waals surface area contributed by atoms with E-state index in [1.807, 2.05) is 36.2 Å². The molecule has 6 heteroatoms. The van der Waals surface area contributed by atoms with Crippen LogP contribution in [-0.2, 0) is 6.42 Å². The van der Waals surface area contributed by atoms with Gasteiger partial charge in [0.05, 0.1) is 6.61 Å². The number of hydrogen-bond donors (Lipinski definition) is 1. The fourth-order valence-corrected chi connectivity index (χ4v) is 4.23. The van der Waals surface area contributed by atoms with Gasteiger partial charge in [-0.2, -0.15) is 0 Å². The van der Waals surface area contributed by atoms with Gasteiger partial charge in [-0.3, -0.25) is 9.78 Å². The molecule has 6 nitrogen and oxygen atoms in total. The number of nitrogens with one attached hydrogen (secondary N) is 1. The van der Waals surface area contributed by atoms with Crippen molar-refractivity contribution in [3.63, 3.8) is 0 Å². The van der Waals surface area contributed by atoms with Gasteiger partial charge in [-0.05, 0) is 55.2 Å². The Morgan fingerprint density at radius 1 is 1.19 bits per heavy atom. The minimum Gasteiger partial charge on any atom is -0.494 e. The molecule has 1 atom stereocenters. The van der Waals surface area contributed by atoms with E-state index in [2.05, 4.69) is 28.5 Å². The Morgan fingerprint density at radius 2 is 2.06 bits per heavy atom. The van der Waals surface area contributed by atoms with Crippen molar-refractivity contribution in [2.45, 2.75) is 32.1 Å². The summed E-state index contributed by atoms with van der Waals surface area (Å²) >= 11 is 0. The van der Waals surface area contributed by atoms with Crippen LogP contribution in [0.3, 0.4) is 0 Å². The van der Waals surface area contributed by atoms with Gasteiger partial charge in [0.2, 0.25) is 0 Å². The van der Waals surface area contributed by atoms with E-state index in [1.165, 1.54) is 0 Å². The average Bonchev–Trinajstić information content (AvgIpc) is 2.85. The Morgan fingerprint density at radius 3 is 2.84 bits per heavy atom. The van der Waals surface area contributed by atoms with E-state index in [-0.39, 0.29) is 11.8 Å². The minimum atomic E-state index is 0.0535. The Bertz CT molecular complexity index is 1050.